The van der Waals surface area contributed by atoms with Gasteiger partial charge in [-0.3, -0.25) is 9.59 Å². The van der Waals surface area contributed by atoms with Crippen molar-refractivity contribution in [2.45, 2.75) is 92.6 Å². The molecular formula is C24H38O5. The highest BCUT2D eigenvalue weighted by atomic mass is 16.5. The van der Waals surface area contributed by atoms with Gasteiger partial charge in [-0.15, -0.1) is 0 Å². The van der Waals surface area contributed by atoms with Gasteiger partial charge in [0.15, 0.2) is 0 Å². The molecule has 0 aromatic rings. The number of esters is 2. The van der Waals surface area contributed by atoms with Crippen molar-refractivity contribution < 1.29 is 23.9 Å². The number of ether oxygens (including phenoxy) is 2. The molecule has 2 aliphatic rings. The second-order valence-electron chi connectivity index (χ2n) is 9.58. The molecule has 0 aromatic carbocycles. The Morgan fingerprint density at radius 2 is 1.83 bits per heavy atom. The van der Waals surface area contributed by atoms with E-state index < -0.39 is 0 Å². The molecule has 0 aliphatic heterocycles. The van der Waals surface area contributed by atoms with Crippen molar-refractivity contribution in [1.29, 1.82) is 0 Å². The molecule has 0 heterocycles. The minimum Gasteiger partial charge on any atom is -0.466 e. The second-order valence-corrected chi connectivity index (χ2v) is 9.58. The number of ketones is 1. The van der Waals surface area contributed by atoms with Crippen LogP contribution in [-0.2, 0) is 23.9 Å². The van der Waals surface area contributed by atoms with Crippen LogP contribution in [0.4, 0.5) is 0 Å². The minimum absolute atomic E-state index is 0.0403. The Morgan fingerprint density at radius 1 is 1.14 bits per heavy atom. The van der Waals surface area contributed by atoms with Crippen LogP contribution in [-0.4, -0.2) is 30.4 Å². The molecule has 1 fully saturated rings. The minimum atomic E-state index is -0.280. The standard InChI is InChI=1S/C24H38O5/c1-16-9-11-21-20(23(16,5)14-15-28-18(3)26)8-7-13-24(21,6)22(29-19(4)27)12-10-17(2)25/h8,16,21-22H,7,9-15H2,1-6H3/t16-,21+,22+,23+,24+/m1/s1. The van der Waals surface area contributed by atoms with Crippen molar-refractivity contribution in [2.75, 3.05) is 6.61 Å². The lowest BCUT2D eigenvalue weighted by Crippen LogP contribution is -2.50. The van der Waals surface area contributed by atoms with Crippen molar-refractivity contribution in [2.24, 2.45) is 22.7 Å². The van der Waals surface area contributed by atoms with Crippen molar-refractivity contribution in [3.8, 4) is 0 Å². The lowest BCUT2D eigenvalue weighted by molar-refractivity contribution is -0.159. The molecule has 2 aliphatic carbocycles. The van der Waals surface area contributed by atoms with E-state index in [4.69, 9.17) is 9.47 Å². The van der Waals surface area contributed by atoms with E-state index in [-0.39, 0.29) is 34.7 Å². The van der Waals surface area contributed by atoms with Crippen LogP contribution in [0.2, 0.25) is 0 Å². The first-order valence-electron chi connectivity index (χ1n) is 11.0. The molecule has 5 heteroatoms. The molecule has 0 aromatic heterocycles. The molecular weight excluding hydrogens is 368 g/mol. The van der Waals surface area contributed by atoms with E-state index in [1.54, 1.807) is 6.92 Å². The molecule has 5 atom stereocenters. The fourth-order valence-electron chi connectivity index (χ4n) is 5.59. The second kappa shape index (κ2) is 9.44. The van der Waals surface area contributed by atoms with Gasteiger partial charge in [-0.05, 0) is 62.7 Å². The Hall–Kier alpha value is -1.65. The van der Waals surface area contributed by atoms with Gasteiger partial charge in [-0.25, -0.2) is 0 Å². The Kier molecular flexibility index (Phi) is 7.69. The van der Waals surface area contributed by atoms with Crippen LogP contribution in [0.25, 0.3) is 0 Å². The highest BCUT2D eigenvalue weighted by Gasteiger charge is 2.53. The van der Waals surface area contributed by atoms with E-state index in [1.165, 1.54) is 19.4 Å². The summed E-state index contributed by atoms with van der Waals surface area (Å²) >= 11 is 0. The Balaban J connectivity index is 2.32. The summed E-state index contributed by atoms with van der Waals surface area (Å²) < 4.78 is 11.1. The maximum atomic E-state index is 11.9. The summed E-state index contributed by atoms with van der Waals surface area (Å²) in [6.07, 6.45) is 7.97. The van der Waals surface area contributed by atoms with Gasteiger partial charge in [-0.1, -0.05) is 32.4 Å². The third kappa shape index (κ3) is 5.29. The number of Topliss-reactive ketones (excluding diaryl/α,β-unsaturated/α-hetero) is 1. The summed E-state index contributed by atoms with van der Waals surface area (Å²) in [7, 11) is 0. The van der Waals surface area contributed by atoms with Gasteiger partial charge in [0.05, 0.1) is 6.61 Å². The van der Waals surface area contributed by atoms with Gasteiger partial charge in [0.1, 0.15) is 11.9 Å². The van der Waals surface area contributed by atoms with E-state index in [0.29, 0.717) is 31.3 Å². The molecule has 164 valence electrons. The normalized spacial score (nSPS) is 32.6. The summed E-state index contributed by atoms with van der Waals surface area (Å²) in [6, 6.07) is 0. The molecule has 0 unspecified atom stereocenters. The molecule has 0 bridgehead atoms. The zero-order valence-corrected chi connectivity index (χ0v) is 19.0. The smallest absolute Gasteiger partial charge is 0.302 e. The van der Waals surface area contributed by atoms with Crippen LogP contribution in [0.15, 0.2) is 11.6 Å². The quantitative estimate of drug-likeness (QED) is 0.418. The Bertz CT molecular complexity index is 666. The number of hydrogen-bond acceptors (Lipinski definition) is 5. The first-order chi connectivity index (χ1) is 13.5. The van der Waals surface area contributed by atoms with Crippen molar-refractivity contribution in [3.05, 3.63) is 11.6 Å². The topological polar surface area (TPSA) is 69.7 Å². The Labute approximate surface area is 175 Å². The monoisotopic (exact) mass is 406 g/mol. The van der Waals surface area contributed by atoms with E-state index in [0.717, 1.165) is 32.1 Å². The zero-order chi connectivity index (χ0) is 21.8. The van der Waals surface area contributed by atoms with Gasteiger partial charge >= 0.3 is 11.9 Å². The highest BCUT2D eigenvalue weighted by Crippen LogP contribution is 2.59. The molecule has 0 radical (unpaired) electrons. The third-order valence-electron chi connectivity index (χ3n) is 7.58. The maximum absolute atomic E-state index is 11.9. The molecule has 1 saturated carbocycles. The average molecular weight is 407 g/mol. The SMILES string of the molecule is CC(=O)CC[C@H](OC(C)=O)[C@@]1(C)CCC=C2[C@@H]1CC[C@@H](C)[C@]2(C)CCOC(C)=O. The lowest BCUT2D eigenvalue weighted by atomic mass is 9.50. The van der Waals surface area contributed by atoms with Crippen molar-refractivity contribution in [1.82, 2.24) is 0 Å². The first kappa shape index (κ1) is 23.6. The summed E-state index contributed by atoms with van der Waals surface area (Å²) in [6.45, 7) is 11.7. The largest absolute Gasteiger partial charge is 0.466 e. The Morgan fingerprint density at radius 3 is 2.41 bits per heavy atom. The first-order valence-corrected chi connectivity index (χ1v) is 11.0. The predicted molar refractivity (Wildman–Crippen MR) is 112 cm³/mol. The van der Waals surface area contributed by atoms with Gasteiger partial charge < -0.3 is 14.3 Å². The summed E-state index contributed by atoms with van der Waals surface area (Å²) in [5.41, 5.74) is 1.20. The highest BCUT2D eigenvalue weighted by molar-refractivity contribution is 5.75. The van der Waals surface area contributed by atoms with Gasteiger partial charge in [0.25, 0.3) is 0 Å². The lowest BCUT2D eigenvalue weighted by Gasteiger charge is -2.55. The number of fused-ring (bicyclic) bond motifs is 1. The van der Waals surface area contributed by atoms with Crippen molar-refractivity contribution >= 4 is 17.7 Å². The third-order valence-corrected chi connectivity index (χ3v) is 7.58. The van der Waals surface area contributed by atoms with E-state index in [9.17, 15) is 14.4 Å². The molecule has 5 nitrogen and oxygen atoms in total. The van der Waals surface area contributed by atoms with Crippen LogP contribution in [0.3, 0.4) is 0 Å². The van der Waals surface area contributed by atoms with E-state index in [1.807, 2.05) is 0 Å². The maximum Gasteiger partial charge on any atom is 0.302 e. The van der Waals surface area contributed by atoms with Gasteiger partial charge in [0, 0.05) is 25.7 Å². The van der Waals surface area contributed by atoms with Crippen LogP contribution in [0.5, 0.6) is 0 Å². The average Bonchev–Trinajstić information content (AvgIpc) is 2.61. The molecule has 0 amide bonds. The van der Waals surface area contributed by atoms with Crippen molar-refractivity contribution in [3.63, 3.8) is 0 Å². The summed E-state index contributed by atoms with van der Waals surface area (Å²) in [5.74, 6) is 0.409. The van der Waals surface area contributed by atoms with Crippen LogP contribution in [0, 0.1) is 22.7 Å². The van der Waals surface area contributed by atoms with E-state index in [2.05, 4.69) is 26.8 Å². The number of rotatable bonds is 8. The van der Waals surface area contributed by atoms with Crippen LogP contribution < -0.4 is 0 Å². The number of carbonyl (C=O) groups excluding carboxylic acids is 3. The number of hydrogen-bond donors (Lipinski definition) is 0. The molecule has 29 heavy (non-hydrogen) atoms. The fraction of sp³-hybridized carbons (Fsp3) is 0.792. The molecule has 0 saturated heterocycles. The molecule has 0 spiro atoms. The summed E-state index contributed by atoms with van der Waals surface area (Å²) in [4.78, 5) is 34.8. The van der Waals surface area contributed by atoms with Crippen LogP contribution in [0.1, 0.15) is 86.5 Å². The van der Waals surface area contributed by atoms with Gasteiger partial charge in [-0.2, -0.15) is 0 Å². The molecule has 2 rings (SSSR count). The van der Waals surface area contributed by atoms with Gasteiger partial charge in [0.2, 0.25) is 0 Å². The van der Waals surface area contributed by atoms with Crippen LogP contribution >= 0.6 is 0 Å². The zero-order valence-electron chi connectivity index (χ0n) is 19.0. The molecule has 0 N–H and O–H groups in total. The summed E-state index contributed by atoms with van der Waals surface area (Å²) in [5, 5.41) is 0. The number of allylic oxidation sites excluding steroid dienone is 2. The number of carbonyl (C=O) groups is 3. The predicted octanol–water partition coefficient (Wildman–Crippen LogP) is 5.02. The fourth-order valence-corrected chi connectivity index (χ4v) is 5.59. The van der Waals surface area contributed by atoms with E-state index >= 15 is 0 Å².